The summed E-state index contributed by atoms with van der Waals surface area (Å²) in [4.78, 5) is 24.5. The minimum absolute atomic E-state index is 0.0908. The lowest BCUT2D eigenvalue weighted by Crippen LogP contribution is -2.34. The van der Waals surface area contributed by atoms with Crippen molar-refractivity contribution >= 4 is 41.2 Å². The second-order valence-corrected chi connectivity index (χ2v) is 4.71. The van der Waals surface area contributed by atoms with Gasteiger partial charge in [0.25, 0.3) is 0 Å². The van der Waals surface area contributed by atoms with Crippen LogP contribution in [0.4, 0.5) is 0 Å². The van der Waals surface area contributed by atoms with Gasteiger partial charge in [0.2, 0.25) is 5.91 Å². The highest BCUT2D eigenvalue weighted by Gasteiger charge is 2.13. The monoisotopic (exact) mass is 315 g/mol. The highest BCUT2D eigenvalue weighted by Crippen LogP contribution is 2.25. The van der Waals surface area contributed by atoms with E-state index in [9.17, 15) is 9.59 Å². The van der Waals surface area contributed by atoms with E-state index in [4.69, 9.17) is 23.2 Å². The van der Waals surface area contributed by atoms with Gasteiger partial charge in [0.1, 0.15) is 6.54 Å². The van der Waals surface area contributed by atoms with Crippen LogP contribution in [0.2, 0.25) is 10.0 Å². The molecule has 0 aliphatic heterocycles. The number of rotatable bonds is 5. The van der Waals surface area contributed by atoms with Gasteiger partial charge in [-0.2, -0.15) is 0 Å². The third kappa shape index (κ3) is 4.54. The minimum Gasteiger partial charge on any atom is -0.468 e. The molecule has 0 N–H and O–H groups in total. The molecule has 0 atom stereocenters. The molecule has 0 bridgehead atoms. The van der Waals surface area contributed by atoms with Crippen molar-refractivity contribution in [3.63, 3.8) is 0 Å². The number of hydrogen-bond acceptors (Lipinski definition) is 3. The molecule has 0 aliphatic rings. The Hall–Kier alpha value is -1.52. The normalized spacial score (nSPS) is 10.6. The lowest BCUT2D eigenvalue weighted by Gasteiger charge is -2.17. The van der Waals surface area contributed by atoms with E-state index in [1.165, 1.54) is 24.2 Å². The quantitative estimate of drug-likeness (QED) is 0.620. The van der Waals surface area contributed by atoms with Crippen LogP contribution in [0.5, 0.6) is 0 Å². The van der Waals surface area contributed by atoms with E-state index in [1.54, 1.807) is 25.1 Å². The lowest BCUT2D eigenvalue weighted by molar-refractivity contribution is -0.145. The first-order valence-electron chi connectivity index (χ1n) is 5.97. The molecule has 1 aromatic carbocycles. The molecular formula is C14H15Cl2NO3. The summed E-state index contributed by atoms with van der Waals surface area (Å²) in [7, 11) is 1.28. The molecule has 6 heteroatoms. The Balaban J connectivity index is 2.83. The number of likely N-dealkylation sites (N-methyl/N-ethyl adjacent to an activating group) is 1. The summed E-state index contributed by atoms with van der Waals surface area (Å²) in [5.41, 5.74) is 0.568. The molecule has 1 aromatic rings. The highest BCUT2D eigenvalue weighted by molar-refractivity contribution is 6.37. The standard InChI is InChI=1S/C14H15Cl2NO3/c1-3-17(9-14(19)20-2)13(18)8-7-10-11(15)5-4-6-12(10)16/h4-8H,3,9H2,1-2H3. The Morgan fingerprint density at radius 3 is 2.40 bits per heavy atom. The fraction of sp³-hybridized carbons (Fsp3) is 0.286. The van der Waals surface area contributed by atoms with Gasteiger partial charge in [-0.05, 0) is 25.1 Å². The average Bonchev–Trinajstić information content (AvgIpc) is 2.43. The SMILES string of the molecule is CCN(CC(=O)OC)C(=O)C=Cc1c(Cl)cccc1Cl. The predicted octanol–water partition coefficient (Wildman–Crippen LogP) is 3.03. The van der Waals surface area contributed by atoms with E-state index < -0.39 is 5.97 Å². The van der Waals surface area contributed by atoms with Gasteiger partial charge < -0.3 is 9.64 Å². The van der Waals surface area contributed by atoms with Crippen molar-refractivity contribution in [1.82, 2.24) is 4.90 Å². The maximum Gasteiger partial charge on any atom is 0.325 e. The van der Waals surface area contributed by atoms with Crippen LogP contribution in [0.1, 0.15) is 12.5 Å². The summed E-state index contributed by atoms with van der Waals surface area (Å²) >= 11 is 12.0. The number of halogens is 2. The van der Waals surface area contributed by atoms with E-state index in [2.05, 4.69) is 4.74 Å². The fourth-order valence-electron chi connectivity index (χ4n) is 1.50. The molecule has 108 valence electrons. The zero-order chi connectivity index (χ0) is 15.1. The molecule has 1 rings (SSSR count). The number of methoxy groups -OCH3 is 1. The summed E-state index contributed by atoms with van der Waals surface area (Å²) in [6.07, 6.45) is 2.87. The van der Waals surface area contributed by atoms with E-state index in [1.807, 2.05) is 0 Å². The Labute approximate surface area is 127 Å². The topological polar surface area (TPSA) is 46.6 Å². The molecule has 0 saturated heterocycles. The van der Waals surface area contributed by atoms with E-state index in [0.29, 0.717) is 22.2 Å². The van der Waals surface area contributed by atoms with Crippen LogP contribution in [-0.2, 0) is 14.3 Å². The Morgan fingerprint density at radius 1 is 1.30 bits per heavy atom. The largest absolute Gasteiger partial charge is 0.468 e. The molecule has 0 spiro atoms. The lowest BCUT2D eigenvalue weighted by atomic mass is 10.2. The number of esters is 1. The number of benzene rings is 1. The fourth-order valence-corrected chi connectivity index (χ4v) is 2.02. The van der Waals surface area contributed by atoms with Gasteiger partial charge >= 0.3 is 5.97 Å². The molecule has 0 saturated carbocycles. The highest BCUT2D eigenvalue weighted by atomic mass is 35.5. The number of nitrogens with zero attached hydrogens (tertiary/aromatic N) is 1. The third-order valence-corrected chi connectivity index (χ3v) is 3.29. The van der Waals surface area contributed by atoms with Crippen LogP contribution < -0.4 is 0 Å². The van der Waals surface area contributed by atoms with Gasteiger partial charge in [0, 0.05) is 28.2 Å². The molecule has 0 aromatic heterocycles. The molecule has 0 radical (unpaired) electrons. The first-order chi connectivity index (χ1) is 9.49. The second kappa shape index (κ2) is 7.92. The maximum absolute atomic E-state index is 12.0. The Kier molecular flexibility index (Phi) is 6.55. The van der Waals surface area contributed by atoms with Crippen LogP contribution in [0, 0.1) is 0 Å². The van der Waals surface area contributed by atoms with Crippen molar-refractivity contribution in [3.05, 3.63) is 39.9 Å². The molecule has 0 unspecified atom stereocenters. The molecule has 0 aliphatic carbocycles. The van der Waals surface area contributed by atoms with Crippen molar-refractivity contribution in [2.24, 2.45) is 0 Å². The summed E-state index contributed by atoms with van der Waals surface area (Å²) in [6.45, 7) is 2.08. The zero-order valence-electron chi connectivity index (χ0n) is 11.2. The van der Waals surface area contributed by atoms with Crippen LogP contribution in [0.25, 0.3) is 6.08 Å². The van der Waals surface area contributed by atoms with Crippen molar-refractivity contribution in [3.8, 4) is 0 Å². The van der Waals surface area contributed by atoms with E-state index in [0.717, 1.165) is 0 Å². The summed E-state index contributed by atoms with van der Waals surface area (Å²) < 4.78 is 4.53. The van der Waals surface area contributed by atoms with Crippen LogP contribution in [-0.4, -0.2) is 37.0 Å². The summed E-state index contributed by atoms with van der Waals surface area (Å²) in [5, 5.41) is 0.912. The van der Waals surface area contributed by atoms with Crippen LogP contribution in [0.3, 0.4) is 0 Å². The number of amides is 1. The molecule has 0 heterocycles. The minimum atomic E-state index is -0.468. The molecule has 1 amide bonds. The Bertz CT molecular complexity index is 509. The van der Waals surface area contributed by atoms with Gasteiger partial charge in [0.05, 0.1) is 7.11 Å². The van der Waals surface area contributed by atoms with Crippen molar-refractivity contribution in [2.75, 3.05) is 20.2 Å². The van der Waals surface area contributed by atoms with Gasteiger partial charge in [-0.3, -0.25) is 9.59 Å². The van der Waals surface area contributed by atoms with Crippen molar-refractivity contribution < 1.29 is 14.3 Å². The van der Waals surface area contributed by atoms with Crippen LogP contribution in [0.15, 0.2) is 24.3 Å². The van der Waals surface area contributed by atoms with E-state index >= 15 is 0 Å². The number of carbonyl (C=O) groups excluding carboxylic acids is 2. The predicted molar refractivity (Wildman–Crippen MR) is 79.8 cm³/mol. The van der Waals surface area contributed by atoms with Crippen molar-refractivity contribution in [2.45, 2.75) is 6.92 Å². The van der Waals surface area contributed by atoms with Crippen LogP contribution >= 0.6 is 23.2 Å². The summed E-state index contributed by atoms with van der Waals surface area (Å²) in [5.74, 6) is -0.779. The van der Waals surface area contributed by atoms with E-state index in [-0.39, 0.29) is 12.5 Å². The summed E-state index contributed by atoms with van der Waals surface area (Å²) in [6, 6.07) is 5.09. The molecule has 4 nitrogen and oxygen atoms in total. The molecule has 20 heavy (non-hydrogen) atoms. The smallest absolute Gasteiger partial charge is 0.325 e. The number of hydrogen-bond donors (Lipinski definition) is 0. The zero-order valence-corrected chi connectivity index (χ0v) is 12.7. The molecular weight excluding hydrogens is 301 g/mol. The first-order valence-corrected chi connectivity index (χ1v) is 6.73. The number of carbonyl (C=O) groups is 2. The van der Waals surface area contributed by atoms with Gasteiger partial charge in [0.15, 0.2) is 0 Å². The first kappa shape index (κ1) is 16.5. The Morgan fingerprint density at radius 2 is 1.90 bits per heavy atom. The third-order valence-electron chi connectivity index (χ3n) is 2.63. The molecule has 0 fully saturated rings. The van der Waals surface area contributed by atoms with Crippen molar-refractivity contribution in [1.29, 1.82) is 0 Å². The number of ether oxygens (including phenoxy) is 1. The second-order valence-electron chi connectivity index (χ2n) is 3.90. The van der Waals surface area contributed by atoms with Gasteiger partial charge in [-0.15, -0.1) is 0 Å². The average molecular weight is 316 g/mol. The van der Waals surface area contributed by atoms with Gasteiger partial charge in [-0.1, -0.05) is 29.3 Å². The van der Waals surface area contributed by atoms with Gasteiger partial charge in [-0.25, -0.2) is 0 Å². The maximum atomic E-state index is 12.0.